The van der Waals surface area contributed by atoms with Crippen LogP contribution in [0.15, 0.2) is 36.7 Å². The van der Waals surface area contributed by atoms with E-state index in [9.17, 15) is 4.79 Å². The van der Waals surface area contributed by atoms with Crippen LogP contribution >= 0.6 is 0 Å². The summed E-state index contributed by atoms with van der Waals surface area (Å²) in [6, 6.07) is 7.86. The highest BCUT2D eigenvalue weighted by atomic mass is 16.1. The van der Waals surface area contributed by atoms with Crippen molar-refractivity contribution in [3.63, 3.8) is 0 Å². The quantitative estimate of drug-likeness (QED) is 0.741. The van der Waals surface area contributed by atoms with E-state index in [1.54, 1.807) is 6.20 Å². The molecule has 1 fully saturated rings. The van der Waals surface area contributed by atoms with E-state index < -0.39 is 0 Å². The van der Waals surface area contributed by atoms with Crippen LogP contribution in [0.2, 0.25) is 0 Å². The zero-order valence-electron chi connectivity index (χ0n) is 10.6. The van der Waals surface area contributed by atoms with Crippen LogP contribution in [0.3, 0.4) is 0 Å². The zero-order valence-corrected chi connectivity index (χ0v) is 10.6. The second kappa shape index (κ2) is 4.20. The number of aromatic nitrogens is 1. The van der Waals surface area contributed by atoms with E-state index in [-0.39, 0.29) is 5.41 Å². The van der Waals surface area contributed by atoms with Gasteiger partial charge in [-0.2, -0.15) is 0 Å². The summed E-state index contributed by atoms with van der Waals surface area (Å²) in [6.45, 7) is 2.11. The fourth-order valence-electron chi connectivity index (χ4n) is 3.03. The van der Waals surface area contributed by atoms with E-state index in [1.165, 1.54) is 12.8 Å². The Morgan fingerprint density at radius 1 is 1.22 bits per heavy atom. The molecule has 1 saturated carbocycles. The van der Waals surface area contributed by atoms with Crippen molar-refractivity contribution in [2.24, 2.45) is 5.41 Å². The minimum Gasteiger partial charge on any atom is -0.294 e. The molecular formula is C16H17NO. The third-order valence-corrected chi connectivity index (χ3v) is 4.18. The van der Waals surface area contributed by atoms with Crippen molar-refractivity contribution >= 4 is 16.6 Å². The molecule has 3 rings (SSSR count). The lowest BCUT2D eigenvalue weighted by molar-refractivity contribution is 0.0825. The number of fused-ring (bicyclic) bond motifs is 1. The summed E-state index contributed by atoms with van der Waals surface area (Å²) in [5.41, 5.74) is 0.705. The normalized spacial score (nSPS) is 18.1. The van der Waals surface area contributed by atoms with Gasteiger partial charge < -0.3 is 0 Å². The van der Waals surface area contributed by atoms with Gasteiger partial charge in [0.25, 0.3) is 0 Å². The van der Waals surface area contributed by atoms with Gasteiger partial charge in [-0.3, -0.25) is 9.78 Å². The maximum atomic E-state index is 12.8. The van der Waals surface area contributed by atoms with E-state index in [1.807, 2.05) is 30.5 Å². The highest BCUT2D eigenvalue weighted by molar-refractivity contribution is 6.10. The first-order valence-electron chi connectivity index (χ1n) is 6.58. The number of benzene rings is 1. The Balaban J connectivity index is 2.12. The highest BCUT2D eigenvalue weighted by Crippen LogP contribution is 2.41. The minimum atomic E-state index is -0.155. The molecule has 0 unspecified atom stereocenters. The summed E-state index contributed by atoms with van der Waals surface area (Å²) in [6.07, 6.45) is 7.98. The van der Waals surface area contributed by atoms with Crippen molar-refractivity contribution in [2.45, 2.75) is 32.6 Å². The molecular weight excluding hydrogens is 222 g/mol. The summed E-state index contributed by atoms with van der Waals surface area (Å²) < 4.78 is 0. The molecule has 2 aromatic rings. The van der Waals surface area contributed by atoms with E-state index in [0.717, 1.165) is 29.2 Å². The van der Waals surface area contributed by atoms with Crippen LogP contribution in [0.4, 0.5) is 0 Å². The number of pyridine rings is 1. The Morgan fingerprint density at radius 3 is 2.78 bits per heavy atom. The monoisotopic (exact) mass is 239 g/mol. The molecule has 0 atom stereocenters. The van der Waals surface area contributed by atoms with Crippen LogP contribution in [0.25, 0.3) is 10.8 Å². The number of ketones is 1. The first kappa shape index (κ1) is 11.4. The Bertz CT molecular complexity index is 592. The molecule has 1 aromatic heterocycles. The first-order chi connectivity index (χ1) is 8.71. The summed E-state index contributed by atoms with van der Waals surface area (Å²) in [4.78, 5) is 16.9. The van der Waals surface area contributed by atoms with Gasteiger partial charge in [0.2, 0.25) is 0 Å². The highest BCUT2D eigenvalue weighted by Gasteiger charge is 2.37. The zero-order chi connectivity index (χ0) is 12.6. The number of carbonyl (C=O) groups excluding carboxylic acids is 1. The number of hydrogen-bond acceptors (Lipinski definition) is 2. The van der Waals surface area contributed by atoms with E-state index in [2.05, 4.69) is 11.9 Å². The lowest BCUT2D eigenvalue weighted by Gasteiger charge is -2.22. The standard InChI is InChI=1S/C16H17NO/c1-16(8-2-3-9-16)15(18)14-6-4-5-12-11-17-10-7-13(12)14/h4-7,10-11H,2-3,8-9H2,1H3. The van der Waals surface area contributed by atoms with Gasteiger partial charge in [0.05, 0.1) is 0 Å². The molecule has 0 bridgehead atoms. The van der Waals surface area contributed by atoms with Gasteiger partial charge in [-0.1, -0.05) is 38.0 Å². The van der Waals surface area contributed by atoms with Gasteiger partial charge >= 0.3 is 0 Å². The topological polar surface area (TPSA) is 30.0 Å². The molecule has 92 valence electrons. The number of hydrogen-bond donors (Lipinski definition) is 0. The van der Waals surface area contributed by atoms with Crippen molar-refractivity contribution in [1.29, 1.82) is 0 Å². The van der Waals surface area contributed by atoms with Gasteiger partial charge in [0, 0.05) is 28.8 Å². The van der Waals surface area contributed by atoms with Crippen molar-refractivity contribution in [3.05, 3.63) is 42.2 Å². The third-order valence-electron chi connectivity index (χ3n) is 4.18. The van der Waals surface area contributed by atoms with Gasteiger partial charge in [-0.15, -0.1) is 0 Å². The number of nitrogens with zero attached hydrogens (tertiary/aromatic N) is 1. The van der Waals surface area contributed by atoms with Crippen LogP contribution < -0.4 is 0 Å². The molecule has 0 radical (unpaired) electrons. The summed E-state index contributed by atoms with van der Waals surface area (Å²) in [5, 5.41) is 2.08. The van der Waals surface area contributed by atoms with Crippen molar-refractivity contribution < 1.29 is 4.79 Å². The first-order valence-corrected chi connectivity index (χ1v) is 6.58. The molecule has 1 aliphatic rings. The Labute approximate surface area is 107 Å². The molecule has 0 spiro atoms. The molecule has 0 saturated heterocycles. The van der Waals surface area contributed by atoms with Gasteiger partial charge in [-0.25, -0.2) is 0 Å². The van der Waals surface area contributed by atoms with E-state index >= 15 is 0 Å². The third kappa shape index (κ3) is 1.72. The summed E-state index contributed by atoms with van der Waals surface area (Å²) >= 11 is 0. The molecule has 1 aromatic carbocycles. The van der Waals surface area contributed by atoms with Crippen LogP contribution in [-0.4, -0.2) is 10.8 Å². The van der Waals surface area contributed by atoms with Crippen LogP contribution in [-0.2, 0) is 0 Å². The summed E-state index contributed by atoms with van der Waals surface area (Å²) in [5.74, 6) is 0.303. The number of carbonyl (C=O) groups is 1. The maximum Gasteiger partial charge on any atom is 0.169 e. The smallest absolute Gasteiger partial charge is 0.169 e. The van der Waals surface area contributed by atoms with E-state index in [0.29, 0.717) is 5.78 Å². The SMILES string of the molecule is CC1(C(=O)c2cccc3cnccc23)CCCC1. The van der Waals surface area contributed by atoms with Crippen molar-refractivity contribution in [3.8, 4) is 0 Å². The Morgan fingerprint density at radius 2 is 2.00 bits per heavy atom. The molecule has 18 heavy (non-hydrogen) atoms. The molecule has 2 heteroatoms. The lowest BCUT2D eigenvalue weighted by Crippen LogP contribution is -2.24. The molecule has 2 nitrogen and oxygen atoms in total. The Kier molecular flexibility index (Phi) is 2.66. The van der Waals surface area contributed by atoms with Gasteiger partial charge in [0.15, 0.2) is 5.78 Å². The molecule has 1 aliphatic carbocycles. The van der Waals surface area contributed by atoms with Crippen molar-refractivity contribution in [2.75, 3.05) is 0 Å². The average Bonchev–Trinajstić information content (AvgIpc) is 2.85. The predicted octanol–water partition coefficient (Wildman–Crippen LogP) is 4.00. The fraction of sp³-hybridized carbons (Fsp3) is 0.375. The molecule has 1 heterocycles. The fourth-order valence-corrected chi connectivity index (χ4v) is 3.03. The van der Waals surface area contributed by atoms with Crippen molar-refractivity contribution in [1.82, 2.24) is 4.98 Å². The lowest BCUT2D eigenvalue weighted by atomic mass is 9.80. The molecule has 0 N–H and O–H groups in total. The predicted molar refractivity (Wildman–Crippen MR) is 72.6 cm³/mol. The maximum absolute atomic E-state index is 12.8. The number of Topliss-reactive ketones (excluding diaryl/α,β-unsaturated/α-hetero) is 1. The molecule has 0 amide bonds. The summed E-state index contributed by atoms with van der Waals surface area (Å²) in [7, 11) is 0. The second-order valence-corrected chi connectivity index (χ2v) is 5.50. The Hall–Kier alpha value is -1.70. The van der Waals surface area contributed by atoms with Gasteiger partial charge in [-0.05, 0) is 24.3 Å². The van der Waals surface area contributed by atoms with Crippen LogP contribution in [0, 0.1) is 5.41 Å². The van der Waals surface area contributed by atoms with E-state index in [4.69, 9.17) is 0 Å². The van der Waals surface area contributed by atoms with Crippen LogP contribution in [0.1, 0.15) is 43.0 Å². The number of rotatable bonds is 2. The second-order valence-electron chi connectivity index (χ2n) is 5.50. The largest absolute Gasteiger partial charge is 0.294 e. The molecule has 0 aliphatic heterocycles. The minimum absolute atomic E-state index is 0.155. The average molecular weight is 239 g/mol. The van der Waals surface area contributed by atoms with Gasteiger partial charge in [0.1, 0.15) is 0 Å². The van der Waals surface area contributed by atoms with Crippen LogP contribution in [0.5, 0.6) is 0 Å².